The van der Waals surface area contributed by atoms with Crippen LogP contribution in [0.1, 0.15) is 75.2 Å². The molecule has 2 atom stereocenters. The van der Waals surface area contributed by atoms with Crippen LogP contribution in [0.5, 0.6) is 0 Å². The topological polar surface area (TPSA) is 60.8 Å². The number of aliphatic hydroxyl groups is 2. The third kappa shape index (κ3) is 5.82. The fourth-order valence-electron chi connectivity index (χ4n) is 3.59. The Bertz CT molecular complexity index is 565. The third-order valence-corrected chi connectivity index (χ3v) is 5.02. The van der Waals surface area contributed by atoms with Crippen molar-refractivity contribution < 1.29 is 15.0 Å². The zero-order chi connectivity index (χ0) is 18.4. The zero-order valence-corrected chi connectivity index (χ0v) is 15.9. The summed E-state index contributed by atoms with van der Waals surface area (Å²) >= 11 is 0. The maximum absolute atomic E-state index is 13.1. The third-order valence-electron chi connectivity index (χ3n) is 5.02. The predicted octanol–water partition coefficient (Wildman–Crippen LogP) is 3.55. The molecule has 0 heterocycles. The van der Waals surface area contributed by atoms with Gasteiger partial charge in [0.05, 0.1) is 17.7 Å². The van der Waals surface area contributed by atoms with Crippen molar-refractivity contribution >= 4 is 5.91 Å². The Kier molecular flexibility index (Phi) is 7.03. The second kappa shape index (κ2) is 8.81. The lowest BCUT2D eigenvalue weighted by atomic mass is 9.90. The minimum absolute atomic E-state index is 0.0120. The van der Waals surface area contributed by atoms with E-state index in [-0.39, 0.29) is 11.9 Å². The van der Waals surface area contributed by atoms with Gasteiger partial charge in [0.15, 0.2) is 0 Å². The summed E-state index contributed by atoms with van der Waals surface area (Å²) in [5, 5.41) is 20.3. The molecule has 0 radical (unpaired) electrons. The number of carbonyl (C=O) groups is 1. The summed E-state index contributed by atoms with van der Waals surface area (Å²) in [6.45, 7) is 6.34. The predicted molar refractivity (Wildman–Crippen MR) is 101 cm³/mol. The molecule has 4 nitrogen and oxygen atoms in total. The number of hydrogen-bond donors (Lipinski definition) is 2. The van der Waals surface area contributed by atoms with Gasteiger partial charge in [-0.1, -0.05) is 31.9 Å². The first-order valence-corrected chi connectivity index (χ1v) is 9.62. The van der Waals surface area contributed by atoms with Crippen LogP contribution in [0.4, 0.5) is 0 Å². The van der Waals surface area contributed by atoms with Crippen LogP contribution in [-0.4, -0.2) is 45.3 Å². The van der Waals surface area contributed by atoms with Crippen molar-refractivity contribution in [3.63, 3.8) is 0 Å². The van der Waals surface area contributed by atoms with Crippen molar-refractivity contribution in [3.05, 3.63) is 35.4 Å². The lowest BCUT2D eigenvalue weighted by Crippen LogP contribution is -2.48. The standard InChI is InChI=1S/C21H33NO3/c1-4-14-22(18-10-5-6-11-19(18)23)20(24)17-9-7-8-16(15-17)12-13-21(2,3)25/h7-9,15,18-19,23,25H,4-6,10-14H2,1-3H3/t18-,19-/m1/s1. The normalized spacial score (nSPS) is 21.2. The zero-order valence-electron chi connectivity index (χ0n) is 15.9. The summed E-state index contributed by atoms with van der Waals surface area (Å²) in [5.74, 6) is 0.0120. The van der Waals surface area contributed by atoms with Gasteiger partial charge in [-0.2, -0.15) is 0 Å². The highest BCUT2D eigenvalue weighted by molar-refractivity contribution is 5.94. The van der Waals surface area contributed by atoms with Gasteiger partial charge in [0.1, 0.15) is 0 Å². The molecule has 0 saturated heterocycles. The number of aryl methyl sites for hydroxylation is 1. The van der Waals surface area contributed by atoms with E-state index in [1.54, 1.807) is 13.8 Å². The number of rotatable bonds is 7. The number of carbonyl (C=O) groups excluding carboxylic acids is 1. The summed E-state index contributed by atoms with van der Waals surface area (Å²) in [6, 6.07) is 7.64. The fraction of sp³-hybridized carbons (Fsp3) is 0.667. The van der Waals surface area contributed by atoms with Crippen LogP contribution in [0.2, 0.25) is 0 Å². The van der Waals surface area contributed by atoms with Crippen molar-refractivity contribution in [2.45, 2.75) is 83.5 Å². The Labute approximate surface area is 151 Å². The largest absolute Gasteiger partial charge is 0.391 e. The van der Waals surface area contributed by atoms with Gasteiger partial charge in [-0.05, 0) is 63.6 Å². The molecule has 1 aromatic carbocycles. The van der Waals surface area contributed by atoms with Crippen LogP contribution in [-0.2, 0) is 6.42 Å². The second-order valence-corrected chi connectivity index (χ2v) is 7.93. The first-order valence-electron chi connectivity index (χ1n) is 9.62. The van der Waals surface area contributed by atoms with Crippen LogP contribution in [0.25, 0.3) is 0 Å². The average Bonchev–Trinajstić information content (AvgIpc) is 2.58. The molecule has 1 saturated carbocycles. The summed E-state index contributed by atoms with van der Waals surface area (Å²) < 4.78 is 0. The molecule has 2 N–H and O–H groups in total. The van der Waals surface area contributed by atoms with Crippen molar-refractivity contribution in [1.82, 2.24) is 4.90 Å². The number of nitrogens with zero attached hydrogens (tertiary/aromatic N) is 1. The lowest BCUT2D eigenvalue weighted by molar-refractivity contribution is 0.0178. The van der Waals surface area contributed by atoms with Crippen LogP contribution in [0.15, 0.2) is 24.3 Å². The molecule has 1 aliphatic rings. The van der Waals surface area contributed by atoms with Gasteiger partial charge in [0, 0.05) is 12.1 Å². The Balaban J connectivity index is 2.15. The van der Waals surface area contributed by atoms with E-state index in [4.69, 9.17) is 0 Å². The molecule has 0 spiro atoms. The molecule has 0 bridgehead atoms. The smallest absolute Gasteiger partial charge is 0.254 e. The molecule has 0 aromatic heterocycles. The molecule has 25 heavy (non-hydrogen) atoms. The summed E-state index contributed by atoms with van der Waals surface area (Å²) in [6.07, 6.45) is 5.64. The molecular weight excluding hydrogens is 314 g/mol. The summed E-state index contributed by atoms with van der Waals surface area (Å²) in [5.41, 5.74) is 1.04. The number of aliphatic hydroxyl groups excluding tert-OH is 1. The molecule has 2 rings (SSSR count). The number of amides is 1. The number of benzene rings is 1. The molecule has 140 valence electrons. The highest BCUT2D eigenvalue weighted by Gasteiger charge is 2.31. The minimum Gasteiger partial charge on any atom is -0.391 e. The van der Waals surface area contributed by atoms with Crippen LogP contribution >= 0.6 is 0 Å². The van der Waals surface area contributed by atoms with E-state index < -0.39 is 11.7 Å². The van der Waals surface area contributed by atoms with Gasteiger partial charge in [0.2, 0.25) is 0 Å². The number of hydrogen-bond acceptors (Lipinski definition) is 3. The quantitative estimate of drug-likeness (QED) is 0.793. The van der Waals surface area contributed by atoms with Gasteiger partial charge in [-0.25, -0.2) is 0 Å². The Hall–Kier alpha value is -1.39. The van der Waals surface area contributed by atoms with Gasteiger partial charge in [-0.15, -0.1) is 0 Å². The SMILES string of the molecule is CCCN(C(=O)c1cccc(CCC(C)(C)O)c1)[C@@H]1CCCC[C@H]1O. The molecule has 0 aliphatic heterocycles. The molecule has 1 fully saturated rings. The van der Waals surface area contributed by atoms with Gasteiger partial charge >= 0.3 is 0 Å². The van der Waals surface area contributed by atoms with Crippen LogP contribution < -0.4 is 0 Å². The van der Waals surface area contributed by atoms with Gasteiger partial charge in [-0.3, -0.25) is 4.79 Å². The van der Waals surface area contributed by atoms with Gasteiger partial charge in [0.25, 0.3) is 5.91 Å². The summed E-state index contributed by atoms with van der Waals surface area (Å²) in [7, 11) is 0. The molecule has 4 heteroatoms. The monoisotopic (exact) mass is 347 g/mol. The van der Waals surface area contributed by atoms with E-state index in [9.17, 15) is 15.0 Å². The van der Waals surface area contributed by atoms with Crippen molar-refractivity contribution in [3.8, 4) is 0 Å². The molecular formula is C21H33NO3. The van der Waals surface area contributed by atoms with Crippen LogP contribution in [0.3, 0.4) is 0 Å². The van der Waals surface area contributed by atoms with Crippen molar-refractivity contribution in [1.29, 1.82) is 0 Å². The maximum atomic E-state index is 13.1. The van der Waals surface area contributed by atoms with E-state index in [1.165, 1.54) is 0 Å². The van der Waals surface area contributed by atoms with E-state index >= 15 is 0 Å². The Morgan fingerprint density at radius 1 is 1.28 bits per heavy atom. The highest BCUT2D eigenvalue weighted by Crippen LogP contribution is 2.25. The first-order chi connectivity index (χ1) is 11.8. The average molecular weight is 347 g/mol. The maximum Gasteiger partial charge on any atom is 0.254 e. The minimum atomic E-state index is -0.708. The van der Waals surface area contributed by atoms with Crippen LogP contribution in [0, 0.1) is 0 Å². The molecule has 1 aliphatic carbocycles. The Morgan fingerprint density at radius 3 is 2.64 bits per heavy atom. The van der Waals surface area contributed by atoms with Crippen molar-refractivity contribution in [2.75, 3.05) is 6.54 Å². The first kappa shape index (κ1) is 19.9. The highest BCUT2D eigenvalue weighted by atomic mass is 16.3. The van der Waals surface area contributed by atoms with E-state index in [0.29, 0.717) is 18.5 Å². The van der Waals surface area contributed by atoms with E-state index in [2.05, 4.69) is 6.92 Å². The molecule has 1 aromatic rings. The van der Waals surface area contributed by atoms with E-state index in [0.717, 1.165) is 44.1 Å². The van der Waals surface area contributed by atoms with Crippen molar-refractivity contribution in [2.24, 2.45) is 0 Å². The molecule has 0 unspecified atom stereocenters. The Morgan fingerprint density at radius 2 is 2.00 bits per heavy atom. The van der Waals surface area contributed by atoms with E-state index in [1.807, 2.05) is 29.2 Å². The summed E-state index contributed by atoms with van der Waals surface area (Å²) in [4.78, 5) is 15.0. The van der Waals surface area contributed by atoms with Gasteiger partial charge < -0.3 is 15.1 Å². The molecule has 1 amide bonds. The lowest BCUT2D eigenvalue weighted by Gasteiger charge is -2.37. The fourth-order valence-corrected chi connectivity index (χ4v) is 3.59. The second-order valence-electron chi connectivity index (χ2n) is 7.93.